The van der Waals surface area contributed by atoms with Crippen molar-refractivity contribution in [3.05, 3.63) is 77.8 Å². The molecule has 3 aromatic rings. The highest BCUT2D eigenvalue weighted by molar-refractivity contribution is 6.02. The summed E-state index contributed by atoms with van der Waals surface area (Å²) >= 11 is 0. The number of allylic oxidation sites excluding steroid dienone is 1. The monoisotopic (exact) mass is 582 g/mol. The molecule has 1 unspecified atom stereocenters. The van der Waals surface area contributed by atoms with Gasteiger partial charge in [0.2, 0.25) is 11.9 Å². The predicted molar refractivity (Wildman–Crippen MR) is 166 cm³/mol. The molecule has 224 valence electrons. The predicted octanol–water partition coefficient (Wildman–Crippen LogP) is 4.46. The van der Waals surface area contributed by atoms with Crippen LogP contribution in [0, 0.1) is 5.41 Å². The standard InChI is InChI=1S/C33H38N6O4/c1-33(2)19-24-30(26(40)20-33)31(22-10-11-27(42-3)28(18-22)43-4)39(25-9-6-5-8-23(25)36-24)21-29(41)37-14-16-38(17-15-37)32-34-12-7-13-35-32/h5-13,18,31,36H,14-17,19-21H2,1-4H3. The van der Waals surface area contributed by atoms with Crippen LogP contribution >= 0.6 is 0 Å². The highest BCUT2D eigenvalue weighted by atomic mass is 16.5. The van der Waals surface area contributed by atoms with Gasteiger partial charge in [0.25, 0.3) is 0 Å². The first kappa shape index (κ1) is 28.5. The number of para-hydroxylation sites is 2. The molecule has 2 aliphatic heterocycles. The third-order valence-corrected chi connectivity index (χ3v) is 8.50. The van der Waals surface area contributed by atoms with Crippen LogP contribution in [0.5, 0.6) is 11.5 Å². The molecular weight excluding hydrogens is 544 g/mol. The molecule has 0 saturated carbocycles. The summed E-state index contributed by atoms with van der Waals surface area (Å²) in [5, 5.41) is 3.62. The molecule has 0 radical (unpaired) electrons. The second-order valence-electron chi connectivity index (χ2n) is 12.0. The summed E-state index contributed by atoms with van der Waals surface area (Å²) in [4.78, 5) is 42.9. The minimum absolute atomic E-state index is 0.00143. The number of aromatic nitrogens is 2. The lowest BCUT2D eigenvalue weighted by atomic mass is 9.73. The number of carbonyl (C=O) groups is 2. The molecule has 1 aromatic heterocycles. The minimum atomic E-state index is -0.502. The highest BCUT2D eigenvalue weighted by Crippen LogP contribution is 2.49. The number of hydrogen-bond acceptors (Lipinski definition) is 9. The van der Waals surface area contributed by atoms with E-state index in [1.165, 1.54) is 0 Å². The van der Waals surface area contributed by atoms with Crippen LogP contribution in [0.3, 0.4) is 0 Å². The molecule has 1 N–H and O–H groups in total. The fourth-order valence-corrected chi connectivity index (χ4v) is 6.45. The van der Waals surface area contributed by atoms with Crippen molar-refractivity contribution >= 4 is 29.0 Å². The number of hydrogen-bond donors (Lipinski definition) is 1. The average molecular weight is 583 g/mol. The van der Waals surface area contributed by atoms with E-state index in [9.17, 15) is 9.59 Å². The minimum Gasteiger partial charge on any atom is -0.493 e. The van der Waals surface area contributed by atoms with Crippen molar-refractivity contribution in [2.24, 2.45) is 5.41 Å². The van der Waals surface area contributed by atoms with Gasteiger partial charge in [0, 0.05) is 56.3 Å². The maximum Gasteiger partial charge on any atom is 0.242 e. The largest absolute Gasteiger partial charge is 0.493 e. The summed E-state index contributed by atoms with van der Waals surface area (Å²) in [6.07, 6.45) is 4.61. The Hall–Kier alpha value is -4.60. The molecule has 1 saturated heterocycles. The van der Waals surface area contributed by atoms with Gasteiger partial charge in [0.05, 0.1) is 38.2 Å². The molecule has 1 amide bonds. The van der Waals surface area contributed by atoms with E-state index in [4.69, 9.17) is 9.47 Å². The van der Waals surface area contributed by atoms with Crippen molar-refractivity contribution < 1.29 is 19.1 Å². The number of rotatable bonds is 6. The SMILES string of the molecule is COc1ccc(C2C3=C(CC(C)(C)CC3=O)Nc3ccccc3N2CC(=O)N2CCN(c3ncccn3)CC2)cc1OC. The van der Waals surface area contributed by atoms with Crippen LogP contribution in [0.1, 0.15) is 38.3 Å². The Labute approximate surface area is 252 Å². The molecule has 6 rings (SSSR count). The number of nitrogens with one attached hydrogen (secondary N) is 1. The fraction of sp³-hybridized carbons (Fsp3) is 0.394. The van der Waals surface area contributed by atoms with Gasteiger partial charge in [0.15, 0.2) is 17.3 Å². The zero-order valence-corrected chi connectivity index (χ0v) is 25.2. The Kier molecular flexibility index (Phi) is 7.68. The van der Waals surface area contributed by atoms with Crippen LogP contribution in [-0.2, 0) is 9.59 Å². The van der Waals surface area contributed by atoms with Gasteiger partial charge in [0.1, 0.15) is 0 Å². The van der Waals surface area contributed by atoms with Crippen molar-refractivity contribution in [2.45, 2.75) is 32.7 Å². The number of Topliss-reactive ketones (excluding diaryl/α,β-unsaturated/α-hetero) is 1. The zero-order valence-electron chi connectivity index (χ0n) is 25.2. The van der Waals surface area contributed by atoms with Crippen molar-refractivity contribution in [1.29, 1.82) is 0 Å². The first-order valence-electron chi connectivity index (χ1n) is 14.7. The number of carbonyl (C=O) groups excluding carboxylic acids is 2. The van der Waals surface area contributed by atoms with E-state index in [2.05, 4.69) is 38.9 Å². The smallest absolute Gasteiger partial charge is 0.242 e. The summed E-state index contributed by atoms with van der Waals surface area (Å²) in [5.74, 6) is 1.93. The number of methoxy groups -OCH3 is 2. The van der Waals surface area contributed by atoms with E-state index in [1.807, 2.05) is 47.4 Å². The van der Waals surface area contributed by atoms with Crippen LogP contribution in [-0.4, -0.2) is 73.5 Å². The number of ether oxygens (including phenoxy) is 2. The van der Waals surface area contributed by atoms with E-state index in [0.717, 1.165) is 29.1 Å². The number of anilines is 3. The van der Waals surface area contributed by atoms with Crippen LogP contribution in [0.15, 0.2) is 72.2 Å². The average Bonchev–Trinajstić information content (AvgIpc) is 3.15. The van der Waals surface area contributed by atoms with E-state index in [-0.39, 0.29) is 23.7 Å². The van der Waals surface area contributed by atoms with Gasteiger partial charge in [-0.3, -0.25) is 9.59 Å². The van der Waals surface area contributed by atoms with Crippen LogP contribution in [0.4, 0.5) is 17.3 Å². The molecule has 0 spiro atoms. The summed E-state index contributed by atoms with van der Waals surface area (Å²) < 4.78 is 11.2. The van der Waals surface area contributed by atoms with Crippen molar-refractivity contribution in [2.75, 3.05) is 62.1 Å². The Morgan fingerprint density at radius 2 is 1.67 bits per heavy atom. The Balaban J connectivity index is 1.39. The number of ketones is 1. The fourth-order valence-electron chi connectivity index (χ4n) is 6.45. The lowest BCUT2D eigenvalue weighted by Gasteiger charge is -2.40. The van der Waals surface area contributed by atoms with Crippen molar-refractivity contribution in [3.63, 3.8) is 0 Å². The van der Waals surface area contributed by atoms with E-state index < -0.39 is 6.04 Å². The Morgan fingerprint density at radius 1 is 0.953 bits per heavy atom. The number of amides is 1. The summed E-state index contributed by atoms with van der Waals surface area (Å²) in [5.41, 5.74) is 4.01. The highest BCUT2D eigenvalue weighted by Gasteiger charge is 2.42. The molecule has 0 bridgehead atoms. The lowest BCUT2D eigenvalue weighted by Crippen LogP contribution is -2.52. The second-order valence-corrected chi connectivity index (χ2v) is 12.0. The molecule has 3 aliphatic rings. The maximum absolute atomic E-state index is 14.0. The summed E-state index contributed by atoms with van der Waals surface area (Å²) in [6.45, 7) is 6.78. The van der Waals surface area contributed by atoms with Gasteiger partial charge in [-0.25, -0.2) is 9.97 Å². The Morgan fingerprint density at radius 3 is 2.40 bits per heavy atom. The van der Waals surface area contributed by atoms with Gasteiger partial charge >= 0.3 is 0 Å². The maximum atomic E-state index is 14.0. The molecule has 10 heteroatoms. The van der Waals surface area contributed by atoms with E-state index in [1.54, 1.807) is 32.7 Å². The molecule has 43 heavy (non-hydrogen) atoms. The molecular formula is C33H38N6O4. The molecule has 1 atom stereocenters. The molecule has 3 heterocycles. The van der Waals surface area contributed by atoms with Gasteiger partial charge in [-0.15, -0.1) is 0 Å². The molecule has 1 fully saturated rings. The number of piperazine rings is 1. The summed E-state index contributed by atoms with van der Waals surface area (Å²) in [6, 6.07) is 15.0. The van der Waals surface area contributed by atoms with E-state index >= 15 is 0 Å². The quantitative estimate of drug-likeness (QED) is 0.452. The van der Waals surface area contributed by atoms with Crippen LogP contribution < -0.4 is 24.6 Å². The third-order valence-electron chi connectivity index (χ3n) is 8.50. The summed E-state index contributed by atoms with van der Waals surface area (Å²) in [7, 11) is 3.21. The second kappa shape index (κ2) is 11.6. The normalized spacial score (nSPS) is 19.7. The number of benzene rings is 2. The third kappa shape index (κ3) is 5.61. The first-order chi connectivity index (χ1) is 20.8. The number of nitrogens with zero attached hydrogens (tertiary/aromatic N) is 5. The molecule has 10 nitrogen and oxygen atoms in total. The van der Waals surface area contributed by atoms with E-state index in [0.29, 0.717) is 55.6 Å². The molecule has 2 aromatic carbocycles. The van der Waals surface area contributed by atoms with Crippen LogP contribution in [0.2, 0.25) is 0 Å². The zero-order chi connectivity index (χ0) is 30.1. The van der Waals surface area contributed by atoms with Gasteiger partial charge in [-0.05, 0) is 47.7 Å². The topological polar surface area (TPSA) is 100 Å². The van der Waals surface area contributed by atoms with Crippen molar-refractivity contribution in [1.82, 2.24) is 14.9 Å². The Bertz CT molecular complexity index is 1550. The van der Waals surface area contributed by atoms with Gasteiger partial charge in [-0.2, -0.15) is 0 Å². The first-order valence-corrected chi connectivity index (χ1v) is 14.7. The number of fused-ring (bicyclic) bond motifs is 1. The molecule has 1 aliphatic carbocycles. The lowest BCUT2D eigenvalue weighted by molar-refractivity contribution is -0.130. The van der Waals surface area contributed by atoms with Gasteiger partial charge < -0.3 is 29.5 Å². The van der Waals surface area contributed by atoms with Crippen molar-refractivity contribution in [3.8, 4) is 11.5 Å². The van der Waals surface area contributed by atoms with Gasteiger partial charge in [-0.1, -0.05) is 32.0 Å². The van der Waals surface area contributed by atoms with Crippen LogP contribution in [0.25, 0.3) is 0 Å².